The van der Waals surface area contributed by atoms with Gasteiger partial charge >= 0.3 is 11.7 Å². The average Bonchev–Trinajstić information content (AvgIpc) is 2.93. The predicted molar refractivity (Wildman–Crippen MR) is 141 cm³/mol. The van der Waals surface area contributed by atoms with Crippen molar-refractivity contribution in [3.05, 3.63) is 68.3 Å². The molecule has 11 nitrogen and oxygen atoms in total. The fraction of sp³-hybridized carbons (Fsp3) is 0.407. The van der Waals surface area contributed by atoms with Gasteiger partial charge in [-0.25, -0.2) is 9.78 Å². The van der Waals surface area contributed by atoms with E-state index in [4.69, 9.17) is 14.5 Å². The maximum absolute atomic E-state index is 13.4. The summed E-state index contributed by atoms with van der Waals surface area (Å²) < 4.78 is 17.2. The van der Waals surface area contributed by atoms with Gasteiger partial charge in [-0.05, 0) is 44.9 Å². The highest BCUT2D eigenvalue weighted by atomic mass is 16.6. The number of nitro groups is 1. The lowest BCUT2D eigenvalue weighted by molar-refractivity contribution is -0.386. The molecule has 1 atom stereocenters. The topological polar surface area (TPSA) is 135 Å². The van der Waals surface area contributed by atoms with Gasteiger partial charge < -0.3 is 14.2 Å². The number of para-hydroxylation sites is 1. The number of hydrogen-bond acceptors (Lipinski definition) is 9. The Bertz CT molecular complexity index is 1430. The standard InChI is InChI=1S/C27H30N4O7/c1-4-37-23-15-18(14-22(31(34)35)24(23)38-17(2)27(33)36-3)16-28-30-25(19-10-6-5-7-11-19)29-21-13-9-8-12-20(21)26(30)32/h8-9,12-17,19H,4-7,10-11H2,1-3H3/t17-/m1/s1. The van der Waals surface area contributed by atoms with Crippen molar-refractivity contribution < 1.29 is 23.9 Å². The highest BCUT2D eigenvalue weighted by Gasteiger charge is 2.27. The molecular weight excluding hydrogens is 492 g/mol. The van der Waals surface area contributed by atoms with E-state index in [9.17, 15) is 19.7 Å². The monoisotopic (exact) mass is 522 g/mol. The first-order valence-electron chi connectivity index (χ1n) is 12.6. The minimum Gasteiger partial charge on any atom is -0.490 e. The molecule has 0 saturated heterocycles. The normalized spacial score (nSPS) is 14.9. The van der Waals surface area contributed by atoms with E-state index in [0.29, 0.717) is 22.3 Å². The quantitative estimate of drug-likeness (QED) is 0.173. The van der Waals surface area contributed by atoms with Gasteiger partial charge in [-0.2, -0.15) is 9.78 Å². The van der Waals surface area contributed by atoms with Gasteiger partial charge in [-0.3, -0.25) is 14.9 Å². The van der Waals surface area contributed by atoms with Crippen LogP contribution in [0.15, 0.2) is 46.3 Å². The number of fused-ring (bicyclic) bond motifs is 1. The molecule has 4 rings (SSSR count). The summed E-state index contributed by atoms with van der Waals surface area (Å²) in [7, 11) is 1.20. The molecule has 38 heavy (non-hydrogen) atoms. The first-order valence-corrected chi connectivity index (χ1v) is 12.6. The van der Waals surface area contributed by atoms with Gasteiger partial charge in [0.15, 0.2) is 11.9 Å². The summed E-state index contributed by atoms with van der Waals surface area (Å²) in [6.45, 7) is 3.34. The van der Waals surface area contributed by atoms with Crippen LogP contribution in [0.4, 0.5) is 5.69 Å². The third-order valence-electron chi connectivity index (χ3n) is 6.45. The zero-order valence-electron chi connectivity index (χ0n) is 21.6. The van der Waals surface area contributed by atoms with Crippen LogP contribution in [-0.2, 0) is 9.53 Å². The van der Waals surface area contributed by atoms with Crippen molar-refractivity contribution in [2.45, 2.75) is 58.0 Å². The first-order chi connectivity index (χ1) is 18.3. The Labute approximate surface area is 219 Å². The van der Waals surface area contributed by atoms with Gasteiger partial charge in [-0.1, -0.05) is 31.4 Å². The van der Waals surface area contributed by atoms with E-state index in [-0.39, 0.29) is 29.6 Å². The number of carbonyl (C=O) groups is 1. The number of nitrogens with zero attached hydrogens (tertiary/aromatic N) is 4. The first kappa shape index (κ1) is 26.8. The molecule has 200 valence electrons. The second kappa shape index (κ2) is 11.8. The number of rotatable bonds is 9. The fourth-order valence-corrected chi connectivity index (χ4v) is 4.59. The number of benzene rings is 2. The van der Waals surface area contributed by atoms with Crippen LogP contribution >= 0.6 is 0 Å². The number of hydrogen-bond donors (Lipinski definition) is 0. The van der Waals surface area contributed by atoms with Crippen LogP contribution < -0.4 is 15.0 Å². The Morgan fingerprint density at radius 3 is 2.68 bits per heavy atom. The van der Waals surface area contributed by atoms with Crippen LogP contribution in [0.2, 0.25) is 0 Å². The van der Waals surface area contributed by atoms with E-state index in [1.807, 2.05) is 12.1 Å². The predicted octanol–water partition coefficient (Wildman–Crippen LogP) is 4.57. The lowest BCUT2D eigenvalue weighted by Gasteiger charge is -2.22. The van der Waals surface area contributed by atoms with E-state index in [2.05, 4.69) is 9.84 Å². The van der Waals surface area contributed by atoms with E-state index < -0.39 is 22.7 Å². The molecule has 11 heteroatoms. The molecule has 0 spiro atoms. The number of methoxy groups -OCH3 is 1. The Morgan fingerprint density at radius 1 is 1.26 bits per heavy atom. The van der Waals surface area contributed by atoms with Gasteiger partial charge in [-0.15, -0.1) is 0 Å². The molecule has 1 heterocycles. The summed E-state index contributed by atoms with van der Waals surface area (Å²) >= 11 is 0. The molecule has 1 saturated carbocycles. The zero-order valence-corrected chi connectivity index (χ0v) is 21.6. The number of ether oxygens (including phenoxy) is 3. The maximum atomic E-state index is 13.4. The SMILES string of the molecule is CCOc1cc(C=Nn2c(C3CCCCC3)nc3ccccc3c2=O)cc([N+](=O)[O-])c1O[C@H](C)C(=O)OC. The molecular formula is C27H30N4O7. The van der Waals surface area contributed by atoms with E-state index in [1.165, 1.54) is 37.1 Å². The van der Waals surface area contributed by atoms with Crippen molar-refractivity contribution in [2.24, 2.45) is 5.10 Å². The van der Waals surface area contributed by atoms with Crippen LogP contribution in [0.1, 0.15) is 63.3 Å². The van der Waals surface area contributed by atoms with Gasteiger partial charge in [0, 0.05) is 17.5 Å². The second-order valence-electron chi connectivity index (χ2n) is 9.02. The third kappa shape index (κ3) is 5.66. The molecule has 0 unspecified atom stereocenters. The lowest BCUT2D eigenvalue weighted by Crippen LogP contribution is -2.25. The number of carbonyl (C=O) groups excluding carboxylic acids is 1. The molecule has 1 fully saturated rings. The summed E-state index contributed by atoms with van der Waals surface area (Å²) in [6.07, 6.45) is 5.32. The van der Waals surface area contributed by atoms with Crippen molar-refractivity contribution in [3.63, 3.8) is 0 Å². The molecule has 0 bridgehead atoms. The molecule has 0 radical (unpaired) electrons. The summed E-state index contributed by atoms with van der Waals surface area (Å²) in [4.78, 5) is 41.4. The Hall–Kier alpha value is -4.28. The van der Waals surface area contributed by atoms with E-state index >= 15 is 0 Å². The highest BCUT2D eigenvalue weighted by Crippen LogP contribution is 2.39. The highest BCUT2D eigenvalue weighted by molar-refractivity contribution is 5.84. The zero-order chi connectivity index (χ0) is 27.2. The van der Waals surface area contributed by atoms with E-state index in [1.54, 1.807) is 19.1 Å². The van der Waals surface area contributed by atoms with E-state index in [0.717, 1.165) is 32.1 Å². The maximum Gasteiger partial charge on any atom is 0.346 e. The molecule has 1 aliphatic rings. The largest absolute Gasteiger partial charge is 0.490 e. The van der Waals surface area contributed by atoms with Gasteiger partial charge in [0.1, 0.15) is 5.82 Å². The average molecular weight is 523 g/mol. The van der Waals surface area contributed by atoms with Crippen LogP contribution in [0.25, 0.3) is 10.9 Å². The molecule has 3 aromatic rings. The van der Waals surface area contributed by atoms with Crippen molar-refractivity contribution in [3.8, 4) is 11.5 Å². The van der Waals surface area contributed by atoms with Gasteiger partial charge in [0.25, 0.3) is 5.56 Å². The number of aromatic nitrogens is 2. The summed E-state index contributed by atoms with van der Waals surface area (Å²) in [5.41, 5.74) is 0.205. The third-order valence-corrected chi connectivity index (χ3v) is 6.45. The van der Waals surface area contributed by atoms with Crippen molar-refractivity contribution in [1.82, 2.24) is 9.66 Å². The summed E-state index contributed by atoms with van der Waals surface area (Å²) in [5.74, 6) is -0.154. The van der Waals surface area contributed by atoms with Crippen molar-refractivity contribution in [2.75, 3.05) is 13.7 Å². The minimum absolute atomic E-state index is 0.0652. The molecule has 1 aliphatic carbocycles. The minimum atomic E-state index is -1.10. The van der Waals surface area contributed by atoms with Crippen LogP contribution in [0.3, 0.4) is 0 Å². The smallest absolute Gasteiger partial charge is 0.346 e. The van der Waals surface area contributed by atoms with Crippen LogP contribution in [0.5, 0.6) is 11.5 Å². The van der Waals surface area contributed by atoms with Crippen LogP contribution in [0, 0.1) is 10.1 Å². The Balaban J connectivity index is 1.81. The van der Waals surface area contributed by atoms with Crippen LogP contribution in [-0.4, -0.2) is 46.6 Å². The second-order valence-corrected chi connectivity index (χ2v) is 9.02. The summed E-state index contributed by atoms with van der Waals surface area (Å²) in [6, 6.07) is 9.89. The number of nitro benzene ring substituents is 1. The molecule has 0 amide bonds. The Kier molecular flexibility index (Phi) is 8.35. The van der Waals surface area contributed by atoms with Crippen molar-refractivity contribution in [1.29, 1.82) is 0 Å². The Morgan fingerprint density at radius 2 is 2.00 bits per heavy atom. The molecule has 0 aliphatic heterocycles. The van der Waals surface area contributed by atoms with Gasteiger partial charge in [0.05, 0.1) is 35.8 Å². The molecule has 1 aromatic heterocycles. The number of esters is 1. The molecule has 0 N–H and O–H groups in total. The fourth-order valence-electron chi connectivity index (χ4n) is 4.59. The lowest BCUT2D eigenvalue weighted by atomic mass is 9.88. The molecule has 2 aromatic carbocycles. The van der Waals surface area contributed by atoms with Gasteiger partial charge in [0.2, 0.25) is 5.75 Å². The van der Waals surface area contributed by atoms with Crippen molar-refractivity contribution >= 4 is 28.8 Å². The summed E-state index contributed by atoms with van der Waals surface area (Å²) in [5, 5.41) is 16.8.